The molecule has 0 aliphatic heterocycles. The molecule has 304 valence electrons. The lowest BCUT2D eigenvalue weighted by Gasteiger charge is -2.30. The summed E-state index contributed by atoms with van der Waals surface area (Å²) in [6.07, 6.45) is 13.4. The lowest BCUT2D eigenvalue weighted by molar-refractivity contribution is -0.146. The highest BCUT2D eigenvalue weighted by atomic mass is 16.5. The minimum Gasteiger partial charge on any atom is -0.492 e. The quantitative estimate of drug-likeness (QED) is 0.0596. The van der Waals surface area contributed by atoms with E-state index >= 15 is 0 Å². The Morgan fingerprint density at radius 1 is 0.714 bits per heavy atom. The monoisotopic (exact) mass is 766 g/mol. The number of hydrogen-bond acceptors (Lipinski definition) is 7. The van der Waals surface area contributed by atoms with Crippen LogP contribution < -0.4 is 4.74 Å². The van der Waals surface area contributed by atoms with Crippen LogP contribution in [0.1, 0.15) is 121 Å². The fourth-order valence-electron chi connectivity index (χ4n) is 7.68. The van der Waals surface area contributed by atoms with E-state index in [4.69, 9.17) is 14.2 Å². The van der Waals surface area contributed by atoms with Crippen molar-refractivity contribution in [2.75, 3.05) is 33.0 Å². The Morgan fingerprint density at radius 2 is 1.34 bits per heavy atom. The Balaban J connectivity index is 1.59. The second-order valence-electron chi connectivity index (χ2n) is 16.0. The summed E-state index contributed by atoms with van der Waals surface area (Å²) in [5.74, 6) is 1.15. The zero-order valence-electron chi connectivity index (χ0n) is 34.7. The zero-order valence-corrected chi connectivity index (χ0v) is 34.7. The zero-order chi connectivity index (χ0) is 40.7. The van der Waals surface area contributed by atoms with Crippen molar-refractivity contribution < 1.29 is 34.0 Å². The molecule has 1 fully saturated rings. The minimum atomic E-state index is -1.22. The number of aryl methyl sites for hydroxylation is 3. The number of rotatable bonds is 22. The predicted molar refractivity (Wildman–Crippen MR) is 227 cm³/mol. The van der Waals surface area contributed by atoms with Crippen LogP contribution in [0.15, 0.2) is 78.9 Å². The van der Waals surface area contributed by atoms with Gasteiger partial charge < -0.3 is 24.4 Å². The van der Waals surface area contributed by atoms with Crippen molar-refractivity contribution in [2.24, 2.45) is 11.3 Å². The summed E-state index contributed by atoms with van der Waals surface area (Å²) in [5, 5.41) is 20.6. The molecule has 0 bridgehead atoms. The molecule has 1 saturated carbocycles. The van der Waals surface area contributed by atoms with Gasteiger partial charge in [0.05, 0.1) is 25.2 Å². The van der Waals surface area contributed by atoms with Crippen molar-refractivity contribution in [1.82, 2.24) is 0 Å². The standard InChI is InChI=1S/C49H66O7/c1-8-11-12-14-36-16-18-39(19-17-36)40-20-22-41(23-21-40)42-24-25-44(37(9-2)27-42)45-28-43(15-13-26-54-47(52)34(4)5)46(29-38(45)10-3)55-32-49(30-50,31-51)33-56-48(53)35(6)7/h20-25,27-29,36,39,50-51H,4,6,8-19,26,30-33H2,1-3,5,7H3. The number of unbranched alkanes of at least 4 members (excludes halogenated alkanes) is 2. The molecule has 1 aliphatic carbocycles. The van der Waals surface area contributed by atoms with Gasteiger partial charge in [-0.25, -0.2) is 9.59 Å². The van der Waals surface area contributed by atoms with Gasteiger partial charge >= 0.3 is 11.9 Å². The summed E-state index contributed by atoms with van der Waals surface area (Å²) < 4.78 is 17.1. The van der Waals surface area contributed by atoms with Crippen molar-refractivity contribution in [3.63, 3.8) is 0 Å². The second-order valence-corrected chi connectivity index (χ2v) is 16.0. The van der Waals surface area contributed by atoms with Crippen molar-refractivity contribution in [1.29, 1.82) is 0 Å². The number of ether oxygens (including phenoxy) is 3. The summed E-state index contributed by atoms with van der Waals surface area (Å²) in [6, 6.07) is 20.2. The van der Waals surface area contributed by atoms with E-state index in [9.17, 15) is 19.8 Å². The molecule has 0 unspecified atom stereocenters. The molecule has 2 N–H and O–H groups in total. The molecule has 0 saturated heterocycles. The minimum absolute atomic E-state index is 0.0857. The van der Waals surface area contributed by atoms with Crippen LogP contribution in [0.25, 0.3) is 22.3 Å². The van der Waals surface area contributed by atoms with E-state index in [1.165, 1.54) is 73.6 Å². The number of hydrogen-bond donors (Lipinski definition) is 2. The SMILES string of the molecule is C=C(C)C(=O)OCCCc1cc(-c2ccc(-c3ccc(C4CCC(CCCCC)CC4)cc3)cc2CC)c(CC)cc1OCC(CO)(CO)COC(=O)C(=C)C. The molecule has 0 aromatic heterocycles. The molecule has 0 spiro atoms. The Labute approximate surface area is 336 Å². The first-order chi connectivity index (χ1) is 27.0. The summed E-state index contributed by atoms with van der Waals surface area (Å²) in [5.41, 5.74) is 8.77. The first kappa shape index (κ1) is 44.5. The van der Waals surface area contributed by atoms with Crippen LogP contribution in [-0.4, -0.2) is 55.2 Å². The van der Waals surface area contributed by atoms with E-state index in [0.29, 0.717) is 30.1 Å². The van der Waals surface area contributed by atoms with Gasteiger partial charge in [-0.3, -0.25) is 0 Å². The number of aliphatic hydroxyl groups is 2. The third-order valence-electron chi connectivity index (χ3n) is 11.5. The highest BCUT2D eigenvalue weighted by Gasteiger charge is 2.33. The lowest BCUT2D eigenvalue weighted by atomic mass is 9.77. The highest BCUT2D eigenvalue weighted by Crippen LogP contribution is 2.40. The van der Waals surface area contributed by atoms with E-state index in [1.54, 1.807) is 13.8 Å². The molecule has 3 aromatic carbocycles. The largest absolute Gasteiger partial charge is 0.492 e. The number of aliphatic hydroxyl groups excluding tert-OH is 2. The Bertz CT molecular complexity index is 1760. The maximum atomic E-state index is 12.1. The summed E-state index contributed by atoms with van der Waals surface area (Å²) in [4.78, 5) is 24.2. The first-order valence-electron chi connectivity index (χ1n) is 20.9. The van der Waals surface area contributed by atoms with Gasteiger partial charge in [-0.2, -0.15) is 0 Å². The van der Waals surface area contributed by atoms with Crippen molar-refractivity contribution in [2.45, 2.75) is 118 Å². The molecular formula is C49H66O7. The lowest BCUT2D eigenvalue weighted by Crippen LogP contribution is -2.41. The molecular weight excluding hydrogens is 701 g/mol. The van der Waals surface area contributed by atoms with Crippen molar-refractivity contribution in [3.05, 3.63) is 101 Å². The molecule has 3 aromatic rings. The number of carbonyl (C=O) groups excluding carboxylic acids is 2. The Morgan fingerprint density at radius 3 is 1.95 bits per heavy atom. The van der Waals surface area contributed by atoms with Gasteiger partial charge in [0, 0.05) is 11.1 Å². The van der Waals surface area contributed by atoms with Gasteiger partial charge in [-0.1, -0.05) is 102 Å². The van der Waals surface area contributed by atoms with Crippen LogP contribution in [0.3, 0.4) is 0 Å². The average molecular weight is 767 g/mol. The highest BCUT2D eigenvalue weighted by molar-refractivity contribution is 5.87. The molecule has 0 radical (unpaired) electrons. The normalized spacial score (nSPS) is 15.6. The molecule has 7 nitrogen and oxygen atoms in total. The van der Waals surface area contributed by atoms with E-state index in [0.717, 1.165) is 41.0 Å². The maximum absolute atomic E-state index is 12.1. The van der Waals surface area contributed by atoms with Crippen molar-refractivity contribution >= 4 is 11.9 Å². The van der Waals surface area contributed by atoms with Crippen LogP contribution in [0.2, 0.25) is 0 Å². The molecule has 0 amide bonds. The predicted octanol–water partition coefficient (Wildman–Crippen LogP) is 10.5. The number of carbonyl (C=O) groups is 2. The van der Waals surface area contributed by atoms with E-state index in [1.807, 2.05) is 6.07 Å². The van der Waals surface area contributed by atoms with Gasteiger partial charge in [0.1, 0.15) is 19.0 Å². The van der Waals surface area contributed by atoms with E-state index < -0.39 is 30.6 Å². The van der Waals surface area contributed by atoms with Gasteiger partial charge in [0.25, 0.3) is 0 Å². The third kappa shape index (κ3) is 12.1. The van der Waals surface area contributed by atoms with E-state index in [2.05, 4.69) is 82.5 Å². The van der Waals surface area contributed by atoms with E-state index in [-0.39, 0.29) is 25.4 Å². The fraction of sp³-hybridized carbons (Fsp3) is 0.510. The summed E-state index contributed by atoms with van der Waals surface area (Å²) in [7, 11) is 0. The van der Waals surface area contributed by atoms with Gasteiger partial charge in [0.2, 0.25) is 0 Å². The first-order valence-corrected chi connectivity index (χ1v) is 20.9. The molecule has 1 aliphatic rings. The second kappa shape index (κ2) is 21.9. The Hall–Kier alpha value is -4.20. The molecule has 56 heavy (non-hydrogen) atoms. The summed E-state index contributed by atoms with van der Waals surface area (Å²) >= 11 is 0. The van der Waals surface area contributed by atoms with Crippen LogP contribution in [0, 0.1) is 11.3 Å². The average Bonchev–Trinajstić information content (AvgIpc) is 3.22. The molecule has 0 atom stereocenters. The third-order valence-corrected chi connectivity index (χ3v) is 11.5. The van der Waals surface area contributed by atoms with Gasteiger partial charge in [-0.05, 0) is 134 Å². The maximum Gasteiger partial charge on any atom is 0.333 e. The van der Waals surface area contributed by atoms with Crippen LogP contribution in [0.5, 0.6) is 5.75 Å². The topological polar surface area (TPSA) is 102 Å². The number of benzene rings is 3. The molecule has 0 heterocycles. The van der Waals surface area contributed by atoms with Crippen molar-refractivity contribution in [3.8, 4) is 28.0 Å². The Kier molecular flexibility index (Phi) is 17.4. The summed E-state index contributed by atoms with van der Waals surface area (Å²) in [6.45, 7) is 16.0. The number of esters is 2. The van der Waals surface area contributed by atoms with Crippen LogP contribution in [0.4, 0.5) is 0 Å². The van der Waals surface area contributed by atoms with Gasteiger partial charge in [-0.15, -0.1) is 0 Å². The van der Waals surface area contributed by atoms with Crippen LogP contribution >= 0.6 is 0 Å². The smallest absolute Gasteiger partial charge is 0.333 e. The van der Waals surface area contributed by atoms with Crippen LogP contribution in [-0.2, 0) is 38.3 Å². The molecule has 7 heteroatoms. The van der Waals surface area contributed by atoms with Gasteiger partial charge in [0.15, 0.2) is 0 Å². The molecule has 4 rings (SSSR count). The fourth-order valence-corrected chi connectivity index (χ4v) is 7.68.